The molecule has 0 aliphatic heterocycles. The Bertz CT molecular complexity index is 703. The SMILES string of the molecule is Cc1ccc2c(c1)sc[n+]2Cc1cccc(F)c1. The van der Waals surface area contributed by atoms with Crippen molar-refractivity contribution in [1.29, 1.82) is 0 Å². The zero-order valence-electron chi connectivity index (χ0n) is 10.1. The Kier molecular flexibility index (Phi) is 2.84. The van der Waals surface area contributed by atoms with E-state index in [0.717, 1.165) is 5.56 Å². The van der Waals surface area contributed by atoms with Gasteiger partial charge in [0, 0.05) is 11.6 Å². The third-order valence-electron chi connectivity index (χ3n) is 2.97. The summed E-state index contributed by atoms with van der Waals surface area (Å²) in [5, 5.41) is 0. The van der Waals surface area contributed by atoms with Crippen molar-refractivity contribution >= 4 is 21.6 Å². The van der Waals surface area contributed by atoms with Crippen molar-refractivity contribution in [3.63, 3.8) is 0 Å². The topological polar surface area (TPSA) is 3.88 Å². The van der Waals surface area contributed by atoms with Crippen LogP contribution in [-0.4, -0.2) is 0 Å². The van der Waals surface area contributed by atoms with Gasteiger partial charge >= 0.3 is 0 Å². The minimum atomic E-state index is -0.177. The van der Waals surface area contributed by atoms with Gasteiger partial charge in [-0.2, -0.15) is 4.57 Å². The van der Waals surface area contributed by atoms with Crippen LogP contribution in [0, 0.1) is 12.7 Å². The van der Waals surface area contributed by atoms with E-state index in [2.05, 4.69) is 35.2 Å². The van der Waals surface area contributed by atoms with Crippen LogP contribution < -0.4 is 4.57 Å². The Morgan fingerprint density at radius 3 is 2.89 bits per heavy atom. The molecule has 0 saturated heterocycles. The normalized spacial score (nSPS) is 11.0. The number of benzene rings is 2. The quantitative estimate of drug-likeness (QED) is 0.617. The van der Waals surface area contributed by atoms with Crippen molar-refractivity contribution in [2.75, 3.05) is 0 Å². The molecule has 0 radical (unpaired) electrons. The second kappa shape index (κ2) is 4.50. The van der Waals surface area contributed by atoms with E-state index >= 15 is 0 Å². The number of thiazole rings is 1. The van der Waals surface area contributed by atoms with Crippen LogP contribution >= 0.6 is 11.3 Å². The summed E-state index contributed by atoms with van der Waals surface area (Å²) in [5.74, 6) is -0.177. The highest BCUT2D eigenvalue weighted by Gasteiger charge is 2.12. The van der Waals surface area contributed by atoms with Gasteiger partial charge in [0.2, 0.25) is 11.0 Å². The Morgan fingerprint density at radius 2 is 2.06 bits per heavy atom. The number of aryl methyl sites for hydroxylation is 1. The molecule has 0 aliphatic carbocycles. The van der Waals surface area contributed by atoms with Crippen LogP contribution in [0.25, 0.3) is 10.2 Å². The molecular weight excluding hydrogens is 245 g/mol. The van der Waals surface area contributed by atoms with Gasteiger partial charge in [0.1, 0.15) is 10.5 Å². The summed E-state index contributed by atoms with van der Waals surface area (Å²) in [4.78, 5) is 0. The van der Waals surface area contributed by atoms with E-state index in [4.69, 9.17) is 0 Å². The molecule has 0 unspecified atom stereocenters. The molecule has 0 fully saturated rings. The van der Waals surface area contributed by atoms with E-state index in [0.29, 0.717) is 6.54 Å². The largest absolute Gasteiger partial charge is 0.226 e. The van der Waals surface area contributed by atoms with Crippen LogP contribution in [0.4, 0.5) is 4.39 Å². The van der Waals surface area contributed by atoms with E-state index in [1.54, 1.807) is 23.5 Å². The number of aromatic nitrogens is 1. The summed E-state index contributed by atoms with van der Waals surface area (Å²) >= 11 is 1.72. The van der Waals surface area contributed by atoms with Gasteiger partial charge in [0.25, 0.3) is 0 Å². The van der Waals surface area contributed by atoms with Crippen LogP contribution in [0.2, 0.25) is 0 Å². The Labute approximate surface area is 109 Å². The van der Waals surface area contributed by atoms with Crippen molar-refractivity contribution in [3.05, 3.63) is 64.9 Å². The van der Waals surface area contributed by atoms with Crippen LogP contribution in [0.3, 0.4) is 0 Å². The smallest absolute Gasteiger partial charge is 0.207 e. The summed E-state index contributed by atoms with van der Waals surface area (Å²) in [7, 11) is 0. The molecule has 1 aromatic heterocycles. The molecule has 0 amide bonds. The van der Waals surface area contributed by atoms with Gasteiger partial charge in [-0.3, -0.25) is 0 Å². The van der Waals surface area contributed by atoms with Gasteiger partial charge in [-0.15, -0.1) is 0 Å². The molecule has 0 spiro atoms. The number of hydrogen-bond acceptors (Lipinski definition) is 1. The third kappa shape index (κ3) is 2.14. The molecule has 3 rings (SSSR count). The van der Waals surface area contributed by atoms with E-state index in [1.165, 1.54) is 21.8 Å². The maximum Gasteiger partial charge on any atom is 0.226 e. The van der Waals surface area contributed by atoms with Crippen LogP contribution in [-0.2, 0) is 6.54 Å². The summed E-state index contributed by atoms with van der Waals surface area (Å²) in [6, 6.07) is 13.2. The minimum absolute atomic E-state index is 0.177. The summed E-state index contributed by atoms with van der Waals surface area (Å²) in [6.07, 6.45) is 0. The van der Waals surface area contributed by atoms with Gasteiger partial charge in [-0.1, -0.05) is 29.5 Å². The molecule has 0 aliphatic rings. The molecule has 0 atom stereocenters. The van der Waals surface area contributed by atoms with Gasteiger partial charge in [0.15, 0.2) is 6.54 Å². The van der Waals surface area contributed by atoms with Crippen molar-refractivity contribution in [2.45, 2.75) is 13.5 Å². The first-order valence-electron chi connectivity index (χ1n) is 5.84. The monoisotopic (exact) mass is 258 g/mol. The minimum Gasteiger partial charge on any atom is -0.207 e. The number of halogens is 1. The highest BCUT2D eigenvalue weighted by molar-refractivity contribution is 7.16. The highest BCUT2D eigenvalue weighted by Crippen LogP contribution is 2.18. The molecule has 90 valence electrons. The molecule has 2 aromatic carbocycles. The van der Waals surface area contributed by atoms with Crippen molar-refractivity contribution in [3.8, 4) is 0 Å². The predicted molar refractivity (Wildman–Crippen MR) is 72.3 cm³/mol. The van der Waals surface area contributed by atoms with Gasteiger partial charge in [-0.25, -0.2) is 4.39 Å². The summed E-state index contributed by atoms with van der Waals surface area (Å²) < 4.78 is 16.6. The average molecular weight is 258 g/mol. The predicted octanol–water partition coefficient (Wildman–Crippen LogP) is 3.68. The summed E-state index contributed by atoms with van der Waals surface area (Å²) in [5.41, 5.74) is 5.55. The lowest BCUT2D eigenvalue weighted by Crippen LogP contribution is -2.32. The van der Waals surface area contributed by atoms with E-state index < -0.39 is 0 Å². The van der Waals surface area contributed by atoms with Crippen LogP contribution in [0.5, 0.6) is 0 Å². The van der Waals surface area contributed by atoms with Crippen molar-refractivity contribution < 1.29 is 8.96 Å². The lowest BCUT2D eigenvalue weighted by molar-refractivity contribution is -0.658. The molecule has 1 heterocycles. The van der Waals surface area contributed by atoms with Crippen molar-refractivity contribution in [1.82, 2.24) is 0 Å². The zero-order chi connectivity index (χ0) is 12.5. The van der Waals surface area contributed by atoms with E-state index in [-0.39, 0.29) is 5.82 Å². The standard InChI is InChI=1S/C15H13FNS/c1-11-5-6-14-15(7-11)18-10-17(14)9-12-3-2-4-13(16)8-12/h2-8,10H,9H2,1H3/q+1. The first-order chi connectivity index (χ1) is 8.72. The second-order valence-corrected chi connectivity index (χ2v) is 5.34. The Hall–Kier alpha value is -1.74. The molecule has 0 N–H and O–H groups in total. The molecule has 3 aromatic rings. The lowest BCUT2D eigenvalue weighted by Gasteiger charge is -1.97. The number of fused-ring (bicyclic) bond motifs is 1. The van der Waals surface area contributed by atoms with Gasteiger partial charge in [-0.05, 0) is 30.7 Å². The van der Waals surface area contributed by atoms with Gasteiger partial charge < -0.3 is 0 Å². The second-order valence-electron chi connectivity index (χ2n) is 4.45. The average Bonchev–Trinajstić information content (AvgIpc) is 2.72. The van der Waals surface area contributed by atoms with Gasteiger partial charge in [0.05, 0.1) is 0 Å². The first kappa shape index (κ1) is 11.4. The molecule has 3 heteroatoms. The molecule has 0 saturated carbocycles. The number of nitrogens with zero attached hydrogens (tertiary/aromatic N) is 1. The van der Waals surface area contributed by atoms with E-state index in [9.17, 15) is 4.39 Å². The fourth-order valence-electron chi connectivity index (χ4n) is 2.08. The fraction of sp³-hybridized carbons (Fsp3) is 0.133. The number of hydrogen-bond donors (Lipinski definition) is 0. The third-order valence-corrected chi connectivity index (χ3v) is 3.91. The maximum absolute atomic E-state index is 13.2. The molecule has 0 bridgehead atoms. The lowest BCUT2D eigenvalue weighted by atomic mass is 10.2. The Balaban J connectivity index is 2.00. The zero-order valence-corrected chi connectivity index (χ0v) is 10.9. The highest BCUT2D eigenvalue weighted by atomic mass is 32.1. The number of rotatable bonds is 2. The van der Waals surface area contributed by atoms with Crippen LogP contribution in [0.15, 0.2) is 48.0 Å². The van der Waals surface area contributed by atoms with E-state index in [1.807, 2.05) is 6.07 Å². The van der Waals surface area contributed by atoms with Crippen molar-refractivity contribution in [2.24, 2.45) is 0 Å². The fourth-order valence-corrected chi connectivity index (χ4v) is 3.07. The molecule has 1 nitrogen and oxygen atoms in total. The Morgan fingerprint density at radius 1 is 1.17 bits per heavy atom. The molecule has 18 heavy (non-hydrogen) atoms. The molecular formula is C15H13FNS+. The maximum atomic E-state index is 13.2. The van der Waals surface area contributed by atoms with Crippen LogP contribution in [0.1, 0.15) is 11.1 Å². The summed E-state index contributed by atoms with van der Waals surface area (Å²) in [6.45, 7) is 2.80. The first-order valence-corrected chi connectivity index (χ1v) is 6.72.